The van der Waals surface area contributed by atoms with Crippen LogP contribution in [0.15, 0.2) is 21.7 Å². The Morgan fingerprint density at radius 1 is 1.32 bits per heavy atom. The molecule has 0 radical (unpaired) electrons. The van der Waals surface area contributed by atoms with Crippen molar-refractivity contribution in [1.29, 1.82) is 0 Å². The molecule has 142 valence electrons. The number of nitrogens with one attached hydrogen (secondary N) is 2. The maximum atomic E-state index is 12.1. The third kappa shape index (κ3) is 8.32. The summed E-state index contributed by atoms with van der Waals surface area (Å²) < 4.78 is 31.5. The second kappa shape index (κ2) is 9.16. The Balaban J connectivity index is 2.40. The minimum Gasteiger partial charge on any atom is -0.480 e. The molecule has 10 heteroatoms. The van der Waals surface area contributed by atoms with Crippen LogP contribution in [-0.4, -0.2) is 43.8 Å². The summed E-state index contributed by atoms with van der Waals surface area (Å²) in [5.41, 5.74) is -0.585. The van der Waals surface area contributed by atoms with E-state index in [0.717, 1.165) is 11.3 Å². The van der Waals surface area contributed by atoms with E-state index < -0.39 is 33.7 Å². The number of alkyl carbamates (subject to hydrolysis) is 1. The minimum absolute atomic E-state index is 0.0744. The molecule has 0 aliphatic carbocycles. The van der Waals surface area contributed by atoms with Gasteiger partial charge in [0.05, 0.1) is 0 Å². The fraction of sp³-hybridized carbons (Fsp3) is 0.600. The quantitative estimate of drug-likeness (QED) is 0.554. The number of carboxylic acid groups (broad SMARTS) is 1. The van der Waals surface area contributed by atoms with Crippen molar-refractivity contribution in [2.45, 2.75) is 55.9 Å². The Bertz CT molecular complexity index is 665. The van der Waals surface area contributed by atoms with Crippen LogP contribution in [0.1, 0.15) is 40.0 Å². The van der Waals surface area contributed by atoms with Gasteiger partial charge in [0.2, 0.25) is 0 Å². The predicted molar refractivity (Wildman–Crippen MR) is 94.2 cm³/mol. The van der Waals surface area contributed by atoms with Gasteiger partial charge in [-0.3, -0.25) is 4.79 Å². The second-order valence-corrected chi connectivity index (χ2v) is 9.26. The lowest BCUT2D eigenvalue weighted by atomic mass is 10.1. The fourth-order valence-electron chi connectivity index (χ4n) is 1.87. The highest BCUT2D eigenvalue weighted by Crippen LogP contribution is 2.16. The van der Waals surface area contributed by atoms with Crippen molar-refractivity contribution in [3.8, 4) is 0 Å². The van der Waals surface area contributed by atoms with E-state index in [2.05, 4.69) is 10.0 Å². The van der Waals surface area contributed by atoms with Gasteiger partial charge >= 0.3 is 12.1 Å². The van der Waals surface area contributed by atoms with Crippen molar-refractivity contribution in [3.63, 3.8) is 0 Å². The number of ether oxygens (including phenoxy) is 1. The maximum absolute atomic E-state index is 12.1. The van der Waals surface area contributed by atoms with Crippen molar-refractivity contribution in [3.05, 3.63) is 17.5 Å². The molecule has 1 atom stereocenters. The molecule has 0 aliphatic heterocycles. The van der Waals surface area contributed by atoms with Crippen LogP contribution in [0, 0.1) is 0 Å². The van der Waals surface area contributed by atoms with Gasteiger partial charge in [-0.15, -0.1) is 11.3 Å². The van der Waals surface area contributed by atoms with E-state index in [1.807, 2.05) is 0 Å². The highest BCUT2D eigenvalue weighted by atomic mass is 32.2. The molecule has 1 aromatic rings. The molecular weight excluding hydrogens is 368 g/mol. The third-order valence-corrected chi connectivity index (χ3v) is 5.81. The number of hydrogen-bond acceptors (Lipinski definition) is 6. The Kier molecular flexibility index (Phi) is 7.84. The molecule has 25 heavy (non-hydrogen) atoms. The SMILES string of the molecule is CC(C)(C)OC(=O)NCCCCC(NS(=O)(=O)c1cccs1)C(=O)O. The first kappa shape index (κ1) is 21.4. The maximum Gasteiger partial charge on any atom is 0.407 e. The molecule has 1 heterocycles. The van der Waals surface area contributed by atoms with Crippen LogP contribution in [0.2, 0.25) is 0 Å². The summed E-state index contributed by atoms with van der Waals surface area (Å²) >= 11 is 1.02. The normalized spacial score (nSPS) is 13.2. The van der Waals surface area contributed by atoms with Crippen LogP contribution in [0.5, 0.6) is 0 Å². The number of aliphatic carboxylic acids is 1. The number of carboxylic acids is 1. The zero-order chi connectivity index (χ0) is 19.1. The Hall–Kier alpha value is -1.65. The molecule has 0 fully saturated rings. The van der Waals surface area contributed by atoms with E-state index in [1.165, 1.54) is 6.07 Å². The highest BCUT2D eigenvalue weighted by Gasteiger charge is 2.25. The molecule has 0 spiro atoms. The van der Waals surface area contributed by atoms with E-state index in [0.29, 0.717) is 19.4 Å². The van der Waals surface area contributed by atoms with Crippen molar-refractivity contribution in [1.82, 2.24) is 10.0 Å². The summed E-state index contributed by atoms with van der Waals surface area (Å²) in [4.78, 5) is 22.7. The monoisotopic (exact) mass is 392 g/mol. The number of thiophene rings is 1. The molecule has 1 rings (SSSR count). The van der Waals surface area contributed by atoms with Gasteiger partial charge in [0.15, 0.2) is 0 Å². The molecule has 0 bridgehead atoms. The van der Waals surface area contributed by atoms with Crippen LogP contribution in [0.3, 0.4) is 0 Å². The smallest absolute Gasteiger partial charge is 0.407 e. The summed E-state index contributed by atoms with van der Waals surface area (Å²) in [5, 5.41) is 13.4. The molecule has 0 saturated heterocycles. The van der Waals surface area contributed by atoms with Crippen LogP contribution in [0.25, 0.3) is 0 Å². The van der Waals surface area contributed by atoms with Gasteiger partial charge in [-0.1, -0.05) is 6.07 Å². The zero-order valence-electron chi connectivity index (χ0n) is 14.4. The number of sulfonamides is 1. The lowest BCUT2D eigenvalue weighted by Crippen LogP contribution is -2.40. The Morgan fingerprint density at radius 2 is 2.00 bits per heavy atom. The van der Waals surface area contributed by atoms with Gasteiger partial charge in [-0.25, -0.2) is 13.2 Å². The number of hydrogen-bond donors (Lipinski definition) is 3. The number of carbonyl (C=O) groups excluding carboxylic acids is 1. The van der Waals surface area contributed by atoms with Gasteiger partial charge in [0, 0.05) is 6.54 Å². The number of rotatable bonds is 9. The fourth-order valence-corrected chi connectivity index (χ4v) is 4.11. The van der Waals surface area contributed by atoms with Crippen LogP contribution in [-0.2, 0) is 19.6 Å². The summed E-state index contributed by atoms with van der Waals surface area (Å²) in [5.74, 6) is -1.24. The summed E-state index contributed by atoms with van der Waals surface area (Å²) in [6.07, 6.45) is 0.514. The van der Waals surface area contributed by atoms with Crippen molar-refractivity contribution >= 4 is 33.4 Å². The van der Waals surface area contributed by atoms with E-state index in [1.54, 1.807) is 32.2 Å². The average Bonchev–Trinajstić information content (AvgIpc) is 2.98. The van der Waals surface area contributed by atoms with Gasteiger partial charge in [0.1, 0.15) is 15.9 Å². The molecule has 3 N–H and O–H groups in total. The van der Waals surface area contributed by atoms with Crippen LogP contribution in [0.4, 0.5) is 4.79 Å². The van der Waals surface area contributed by atoms with Crippen molar-refractivity contribution in [2.75, 3.05) is 6.54 Å². The van der Waals surface area contributed by atoms with Crippen molar-refractivity contribution in [2.24, 2.45) is 0 Å². The summed E-state index contributed by atoms with van der Waals surface area (Å²) in [6.45, 7) is 5.58. The van der Waals surface area contributed by atoms with Gasteiger partial charge < -0.3 is 15.2 Å². The van der Waals surface area contributed by atoms with Gasteiger partial charge in [-0.2, -0.15) is 4.72 Å². The lowest BCUT2D eigenvalue weighted by Gasteiger charge is -2.19. The second-order valence-electron chi connectivity index (χ2n) is 6.37. The van der Waals surface area contributed by atoms with Gasteiger partial charge in [-0.05, 0) is 51.5 Å². The first-order chi connectivity index (χ1) is 11.5. The topological polar surface area (TPSA) is 122 Å². The molecule has 0 aromatic carbocycles. The molecule has 0 saturated carbocycles. The van der Waals surface area contributed by atoms with Crippen molar-refractivity contribution < 1.29 is 27.9 Å². The first-order valence-corrected chi connectivity index (χ1v) is 10.1. The Morgan fingerprint density at radius 3 is 2.52 bits per heavy atom. The van der Waals surface area contributed by atoms with Crippen LogP contribution >= 0.6 is 11.3 Å². The lowest BCUT2D eigenvalue weighted by molar-refractivity contribution is -0.139. The minimum atomic E-state index is -3.84. The molecule has 0 aliphatic rings. The predicted octanol–water partition coefficient (Wildman–Crippen LogP) is 2.17. The van der Waals surface area contributed by atoms with E-state index in [9.17, 15) is 23.1 Å². The van der Waals surface area contributed by atoms with E-state index in [4.69, 9.17) is 4.74 Å². The molecule has 1 amide bonds. The largest absolute Gasteiger partial charge is 0.480 e. The molecule has 1 unspecified atom stereocenters. The zero-order valence-corrected chi connectivity index (χ0v) is 16.1. The Labute approximate surface area is 151 Å². The first-order valence-electron chi connectivity index (χ1n) is 7.77. The standard InChI is InChI=1S/C15H24N2O6S2/c1-15(2,3)23-14(20)16-9-5-4-7-11(13(18)19)17-25(21,22)12-8-6-10-24-12/h6,8,10-11,17H,4-5,7,9H2,1-3H3,(H,16,20)(H,18,19). The molecule has 8 nitrogen and oxygen atoms in total. The average molecular weight is 392 g/mol. The van der Waals surface area contributed by atoms with Crippen LogP contribution < -0.4 is 10.0 Å². The molecule has 1 aromatic heterocycles. The van der Waals surface area contributed by atoms with Gasteiger partial charge in [0.25, 0.3) is 10.0 Å². The summed E-state index contributed by atoms with van der Waals surface area (Å²) in [6, 6.07) is 1.78. The van der Waals surface area contributed by atoms with E-state index in [-0.39, 0.29) is 10.6 Å². The molecular formula is C15H24N2O6S2. The van der Waals surface area contributed by atoms with E-state index >= 15 is 0 Å². The number of carbonyl (C=O) groups is 2. The highest BCUT2D eigenvalue weighted by molar-refractivity contribution is 7.91. The third-order valence-electron chi connectivity index (χ3n) is 2.94. The summed E-state index contributed by atoms with van der Waals surface area (Å²) in [7, 11) is -3.84. The number of amides is 1. The number of unbranched alkanes of at least 4 members (excludes halogenated alkanes) is 1.